The molecule has 3 rings (SSSR count). The Hall–Kier alpha value is -1.67. The molecule has 0 saturated heterocycles. The lowest BCUT2D eigenvalue weighted by Crippen LogP contribution is -3.00. The first kappa shape index (κ1) is 20.6. The van der Waals surface area contributed by atoms with Crippen molar-refractivity contribution in [1.82, 2.24) is 4.57 Å². The Morgan fingerprint density at radius 2 is 1.81 bits per heavy atom. The molecular formula is C20H24FIN2O2. The number of para-hydroxylation sites is 2. The highest BCUT2D eigenvalue weighted by molar-refractivity contribution is 5.72. The number of hydrogen-bond acceptors (Lipinski definition) is 2. The molecule has 0 amide bonds. The molecule has 4 nitrogen and oxygen atoms in total. The van der Waals surface area contributed by atoms with Gasteiger partial charge >= 0.3 is 0 Å². The van der Waals surface area contributed by atoms with E-state index in [1.165, 1.54) is 23.5 Å². The number of hydrogen-bond donors (Lipinski definition) is 1. The van der Waals surface area contributed by atoms with E-state index in [9.17, 15) is 9.50 Å². The maximum Gasteiger partial charge on any atom is 0.257 e. The molecule has 1 atom stereocenters. The van der Waals surface area contributed by atoms with E-state index in [0.717, 1.165) is 18.5 Å². The Balaban J connectivity index is 0.00000243. The molecule has 0 aliphatic heterocycles. The molecule has 140 valence electrons. The van der Waals surface area contributed by atoms with E-state index < -0.39 is 6.10 Å². The molecule has 0 aliphatic rings. The Morgan fingerprint density at radius 3 is 2.46 bits per heavy atom. The van der Waals surface area contributed by atoms with Gasteiger partial charge in [0.1, 0.15) is 30.8 Å². The van der Waals surface area contributed by atoms with Gasteiger partial charge in [0.25, 0.3) is 5.82 Å². The van der Waals surface area contributed by atoms with Crippen LogP contribution in [0, 0.1) is 5.82 Å². The summed E-state index contributed by atoms with van der Waals surface area (Å²) in [6, 6.07) is 14.1. The van der Waals surface area contributed by atoms with E-state index in [2.05, 4.69) is 35.1 Å². The van der Waals surface area contributed by atoms with E-state index in [1.54, 1.807) is 12.1 Å². The number of rotatable bonds is 7. The Morgan fingerprint density at radius 1 is 1.12 bits per heavy atom. The molecule has 0 aliphatic carbocycles. The highest BCUT2D eigenvalue weighted by atomic mass is 127. The second kappa shape index (κ2) is 9.32. The summed E-state index contributed by atoms with van der Waals surface area (Å²) in [4.78, 5) is 0. The number of aryl methyl sites for hydroxylation is 1. The van der Waals surface area contributed by atoms with E-state index >= 15 is 0 Å². The Bertz CT molecular complexity index is 849. The van der Waals surface area contributed by atoms with Crippen LogP contribution >= 0.6 is 0 Å². The van der Waals surface area contributed by atoms with Crippen molar-refractivity contribution in [3.05, 3.63) is 60.2 Å². The number of aliphatic hydroxyl groups is 1. The van der Waals surface area contributed by atoms with Gasteiger partial charge in [0.2, 0.25) is 0 Å². The highest BCUT2D eigenvalue weighted by Gasteiger charge is 2.24. The summed E-state index contributed by atoms with van der Waals surface area (Å²) >= 11 is 0. The number of halogens is 2. The van der Waals surface area contributed by atoms with Gasteiger partial charge in [-0.3, -0.25) is 0 Å². The largest absolute Gasteiger partial charge is 1.00 e. The van der Waals surface area contributed by atoms with Gasteiger partial charge in [-0.1, -0.05) is 19.1 Å². The highest BCUT2D eigenvalue weighted by Crippen LogP contribution is 2.16. The lowest BCUT2D eigenvalue weighted by molar-refractivity contribution is -0.686. The molecule has 0 spiro atoms. The summed E-state index contributed by atoms with van der Waals surface area (Å²) in [6.07, 6.45) is 0.227. The quantitative estimate of drug-likeness (QED) is 0.393. The van der Waals surface area contributed by atoms with Gasteiger partial charge in [0.05, 0.1) is 6.54 Å². The summed E-state index contributed by atoms with van der Waals surface area (Å²) in [7, 11) is 0. The van der Waals surface area contributed by atoms with Crippen LogP contribution in [-0.4, -0.2) is 22.4 Å². The smallest absolute Gasteiger partial charge is 0.257 e. The number of aromatic nitrogens is 2. The van der Waals surface area contributed by atoms with Crippen LogP contribution in [0.1, 0.15) is 19.7 Å². The molecule has 0 radical (unpaired) electrons. The van der Waals surface area contributed by atoms with Gasteiger partial charge in [-0.25, -0.2) is 13.5 Å². The summed E-state index contributed by atoms with van der Waals surface area (Å²) in [5.41, 5.74) is 2.29. The third kappa shape index (κ3) is 4.35. The van der Waals surface area contributed by atoms with Crippen molar-refractivity contribution in [2.75, 3.05) is 6.61 Å². The molecule has 0 saturated carbocycles. The number of benzene rings is 2. The van der Waals surface area contributed by atoms with Crippen LogP contribution in [0.5, 0.6) is 5.75 Å². The minimum Gasteiger partial charge on any atom is -1.00 e. The van der Waals surface area contributed by atoms with Gasteiger partial charge in [-0.05, 0) is 43.3 Å². The first-order valence-electron chi connectivity index (χ1n) is 8.70. The number of ether oxygens (including phenoxy) is 1. The average Bonchev–Trinajstić information content (AvgIpc) is 2.94. The Labute approximate surface area is 170 Å². The van der Waals surface area contributed by atoms with Crippen LogP contribution in [0.15, 0.2) is 48.5 Å². The van der Waals surface area contributed by atoms with Crippen molar-refractivity contribution in [3.63, 3.8) is 0 Å². The van der Waals surface area contributed by atoms with Crippen molar-refractivity contribution >= 4 is 11.0 Å². The monoisotopic (exact) mass is 470 g/mol. The van der Waals surface area contributed by atoms with E-state index in [4.69, 9.17) is 4.74 Å². The molecule has 3 aromatic rings. The lowest BCUT2D eigenvalue weighted by Gasteiger charge is -2.12. The molecule has 1 unspecified atom stereocenters. The van der Waals surface area contributed by atoms with Crippen molar-refractivity contribution in [2.45, 2.75) is 39.5 Å². The normalized spacial score (nSPS) is 12.0. The standard InChI is InChI=1S/C20H24FN2O2.HI/c1-3-20-22(4-2)18-7-5-6-8-19(18)23(20)13-16(24)14-25-17-11-9-15(21)10-12-17;/h5-12,16,24H,3-4,13-14H2,1-2H3;1H/q+1;/p-1. The SMILES string of the molecule is CCc1n(CC)c2ccccc2[n+]1CC(O)COc1ccc(F)cc1.[I-]. The van der Waals surface area contributed by atoms with Crippen molar-refractivity contribution in [3.8, 4) is 5.75 Å². The van der Waals surface area contributed by atoms with E-state index in [1.807, 2.05) is 12.1 Å². The zero-order chi connectivity index (χ0) is 17.8. The molecule has 6 heteroatoms. The third-order valence-corrected chi connectivity index (χ3v) is 4.37. The maximum absolute atomic E-state index is 12.9. The summed E-state index contributed by atoms with van der Waals surface area (Å²) in [5, 5.41) is 10.5. The molecule has 1 aromatic heterocycles. The van der Waals surface area contributed by atoms with Gasteiger partial charge in [0, 0.05) is 6.42 Å². The second-order valence-corrected chi connectivity index (χ2v) is 6.03. The molecule has 2 aromatic carbocycles. The predicted molar refractivity (Wildman–Crippen MR) is 95.1 cm³/mol. The third-order valence-electron chi connectivity index (χ3n) is 4.37. The summed E-state index contributed by atoms with van der Waals surface area (Å²) < 4.78 is 23.0. The molecule has 1 N–H and O–H groups in total. The van der Waals surface area contributed by atoms with Gasteiger partial charge in [-0.2, -0.15) is 0 Å². The predicted octanol–water partition coefficient (Wildman–Crippen LogP) is 0.0941. The van der Waals surface area contributed by atoms with Gasteiger partial charge in [0.15, 0.2) is 11.0 Å². The van der Waals surface area contributed by atoms with E-state index in [-0.39, 0.29) is 36.4 Å². The van der Waals surface area contributed by atoms with E-state index in [0.29, 0.717) is 12.3 Å². The molecule has 26 heavy (non-hydrogen) atoms. The van der Waals surface area contributed by atoms with Gasteiger partial charge in [-0.15, -0.1) is 0 Å². The van der Waals surface area contributed by atoms with Crippen LogP contribution in [0.25, 0.3) is 11.0 Å². The van der Waals surface area contributed by atoms with Crippen LogP contribution in [-0.2, 0) is 19.5 Å². The van der Waals surface area contributed by atoms with Crippen molar-refractivity contribution in [2.24, 2.45) is 0 Å². The number of imidazole rings is 1. The minimum absolute atomic E-state index is 0. The Kier molecular flexibility index (Phi) is 7.40. The maximum atomic E-state index is 12.9. The van der Waals surface area contributed by atoms with Crippen LogP contribution in [0.2, 0.25) is 0 Å². The zero-order valence-corrected chi connectivity index (χ0v) is 17.2. The number of nitrogens with zero attached hydrogens (tertiary/aromatic N) is 2. The first-order valence-corrected chi connectivity index (χ1v) is 8.70. The first-order chi connectivity index (χ1) is 12.1. The molecule has 0 bridgehead atoms. The van der Waals surface area contributed by atoms with Crippen molar-refractivity contribution < 1.29 is 42.8 Å². The fourth-order valence-corrected chi connectivity index (χ4v) is 3.27. The van der Waals surface area contributed by atoms with Crippen LogP contribution in [0.4, 0.5) is 4.39 Å². The second-order valence-electron chi connectivity index (χ2n) is 6.03. The summed E-state index contributed by atoms with van der Waals surface area (Å²) in [6.45, 7) is 5.76. The van der Waals surface area contributed by atoms with Gasteiger partial charge < -0.3 is 33.8 Å². The fourth-order valence-electron chi connectivity index (χ4n) is 3.27. The molecule has 1 heterocycles. The van der Waals surface area contributed by atoms with Crippen LogP contribution in [0.3, 0.4) is 0 Å². The van der Waals surface area contributed by atoms with Crippen LogP contribution < -0.4 is 33.3 Å². The molecular weight excluding hydrogens is 446 g/mol. The zero-order valence-electron chi connectivity index (χ0n) is 15.0. The lowest BCUT2D eigenvalue weighted by atomic mass is 10.3. The summed E-state index contributed by atoms with van der Waals surface area (Å²) in [5.74, 6) is 1.44. The topological polar surface area (TPSA) is 38.3 Å². The minimum atomic E-state index is -0.656. The molecule has 0 fully saturated rings. The number of aliphatic hydroxyl groups excluding tert-OH is 1. The fraction of sp³-hybridized carbons (Fsp3) is 0.350. The number of fused-ring (bicyclic) bond motifs is 1. The van der Waals surface area contributed by atoms with Crippen molar-refractivity contribution in [1.29, 1.82) is 0 Å². The average molecular weight is 470 g/mol.